The van der Waals surface area contributed by atoms with Gasteiger partial charge in [-0.05, 0) is 35.9 Å². The molecule has 3 atom stereocenters. The average molecular weight is 445 g/mol. The highest BCUT2D eigenvalue weighted by Crippen LogP contribution is 2.48. The van der Waals surface area contributed by atoms with Crippen LogP contribution in [0, 0.1) is 16.0 Å². The van der Waals surface area contributed by atoms with Gasteiger partial charge in [0.05, 0.1) is 29.4 Å². The number of nitro benzene ring substituents is 1. The van der Waals surface area contributed by atoms with Crippen molar-refractivity contribution in [2.45, 2.75) is 12.1 Å². The molecular formula is C24H19N3O6. The number of anilines is 2. The van der Waals surface area contributed by atoms with E-state index < -0.39 is 34.8 Å². The number of hydrogen-bond donors (Lipinski definition) is 0. The van der Waals surface area contributed by atoms with Crippen LogP contribution in [-0.2, 0) is 14.4 Å². The Labute approximate surface area is 188 Å². The van der Waals surface area contributed by atoms with Gasteiger partial charge in [-0.3, -0.25) is 24.5 Å². The molecule has 2 aliphatic rings. The Morgan fingerprint density at radius 2 is 1.64 bits per heavy atom. The van der Waals surface area contributed by atoms with E-state index in [1.165, 1.54) is 30.4 Å². The van der Waals surface area contributed by atoms with Crippen LogP contribution >= 0.6 is 0 Å². The van der Waals surface area contributed by atoms with E-state index in [9.17, 15) is 19.7 Å². The molecule has 0 N–H and O–H groups in total. The summed E-state index contributed by atoms with van der Waals surface area (Å²) in [6, 6.07) is 21.0. The number of hydroxylamine groups is 1. The Hall–Kier alpha value is -4.24. The third-order valence-electron chi connectivity index (χ3n) is 5.86. The van der Waals surface area contributed by atoms with Gasteiger partial charge in [-0.1, -0.05) is 36.4 Å². The van der Waals surface area contributed by atoms with E-state index in [1.54, 1.807) is 54.6 Å². The monoisotopic (exact) mass is 445 g/mol. The van der Waals surface area contributed by atoms with Gasteiger partial charge in [0.1, 0.15) is 11.7 Å². The van der Waals surface area contributed by atoms with E-state index in [0.29, 0.717) is 22.7 Å². The predicted octanol–water partition coefficient (Wildman–Crippen LogP) is 3.65. The number of nitro groups is 1. The highest BCUT2D eigenvalue weighted by Gasteiger charge is 2.60. The van der Waals surface area contributed by atoms with Gasteiger partial charge in [-0.25, -0.2) is 9.96 Å². The van der Waals surface area contributed by atoms with Crippen molar-refractivity contribution in [1.29, 1.82) is 0 Å². The second-order valence-electron chi connectivity index (χ2n) is 7.72. The lowest BCUT2D eigenvalue weighted by molar-refractivity contribution is -0.384. The number of carbonyl (C=O) groups is 2. The second-order valence-corrected chi connectivity index (χ2v) is 7.72. The Kier molecular flexibility index (Phi) is 5.02. The third kappa shape index (κ3) is 3.39. The van der Waals surface area contributed by atoms with Gasteiger partial charge in [-0.15, -0.1) is 0 Å². The van der Waals surface area contributed by atoms with Gasteiger partial charge in [-0.2, -0.15) is 0 Å². The lowest BCUT2D eigenvalue weighted by atomic mass is 9.90. The number of benzene rings is 3. The van der Waals surface area contributed by atoms with E-state index in [-0.39, 0.29) is 5.69 Å². The maximum atomic E-state index is 13.5. The number of ether oxygens (including phenoxy) is 1. The first-order chi connectivity index (χ1) is 16.0. The number of imide groups is 1. The summed E-state index contributed by atoms with van der Waals surface area (Å²) in [5.74, 6) is -1.13. The van der Waals surface area contributed by atoms with E-state index in [1.807, 2.05) is 6.07 Å². The van der Waals surface area contributed by atoms with Crippen molar-refractivity contribution in [1.82, 2.24) is 0 Å². The molecule has 0 spiro atoms. The first-order valence-electron chi connectivity index (χ1n) is 10.3. The van der Waals surface area contributed by atoms with Gasteiger partial charge in [0.15, 0.2) is 6.10 Å². The minimum Gasteiger partial charge on any atom is -0.497 e. The lowest BCUT2D eigenvalue weighted by Crippen LogP contribution is -2.37. The highest BCUT2D eigenvalue weighted by atomic mass is 16.7. The fourth-order valence-corrected chi connectivity index (χ4v) is 4.38. The number of non-ortho nitro benzene ring substituents is 1. The number of nitrogens with zero attached hydrogens (tertiary/aromatic N) is 3. The Balaban J connectivity index is 1.61. The molecule has 9 nitrogen and oxygen atoms in total. The van der Waals surface area contributed by atoms with Crippen molar-refractivity contribution in [3.8, 4) is 5.75 Å². The third-order valence-corrected chi connectivity index (χ3v) is 5.86. The molecule has 166 valence electrons. The first-order valence-corrected chi connectivity index (χ1v) is 10.3. The Morgan fingerprint density at radius 1 is 0.909 bits per heavy atom. The van der Waals surface area contributed by atoms with Crippen LogP contribution in [0.25, 0.3) is 0 Å². The number of hydrogen-bond acceptors (Lipinski definition) is 7. The second kappa shape index (κ2) is 8.03. The van der Waals surface area contributed by atoms with E-state index in [2.05, 4.69) is 0 Å². The van der Waals surface area contributed by atoms with Gasteiger partial charge >= 0.3 is 0 Å². The number of amides is 2. The van der Waals surface area contributed by atoms with Crippen LogP contribution in [-0.4, -0.2) is 30.0 Å². The number of para-hydroxylation sites is 1. The number of rotatable bonds is 5. The van der Waals surface area contributed by atoms with Crippen molar-refractivity contribution >= 4 is 28.9 Å². The minimum atomic E-state index is -1.06. The summed E-state index contributed by atoms with van der Waals surface area (Å²) < 4.78 is 5.34. The molecular weight excluding hydrogens is 426 g/mol. The summed E-state index contributed by atoms with van der Waals surface area (Å²) in [4.78, 5) is 44.8. The van der Waals surface area contributed by atoms with Crippen LogP contribution in [0.15, 0.2) is 78.9 Å². The SMILES string of the molecule is COc1cccc([C@H]2[C@H]3C(=O)N(c4ccccc4)C(=O)[C@@H]3ON2c2cccc([N+](=O)[O-])c2)c1. The van der Waals surface area contributed by atoms with Crippen LogP contribution in [0.2, 0.25) is 0 Å². The molecule has 0 saturated carbocycles. The van der Waals surface area contributed by atoms with Crippen LogP contribution in [0.3, 0.4) is 0 Å². The van der Waals surface area contributed by atoms with Gasteiger partial charge in [0.25, 0.3) is 11.6 Å². The maximum Gasteiger partial charge on any atom is 0.271 e. The molecule has 5 rings (SSSR count). The molecule has 0 unspecified atom stereocenters. The maximum absolute atomic E-state index is 13.5. The van der Waals surface area contributed by atoms with Crippen molar-refractivity contribution in [2.75, 3.05) is 17.1 Å². The van der Waals surface area contributed by atoms with Crippen molar-refractivity contribution in [3.63, 3.8) is 0 Å². The van der Waals surface area contributed by atoms with Crippen LogP contribution in [0.5, 0.6) is 5.75 Å². The largest absolute Gasteiger partial charge is 0.497 e. The number of methoxy groups -OCH3 is 1. The van der Waals surface area contributed by atoms with Crippen LogP contribution in [0.1, 0.15) is 11.6 Å². The molecule has 0 bridgehead atoms. The van der Waals surface area contributed by atoms with Crippen LogP contribution < -0.4 is 14.7 Å². The van der Waals surface area contributed by atoms with Crippen LogP contribution in [0.4, 0.5) is 17.1 Å². The number of carbonyl (C=O) groups excluding carboxylic acids is 2. The molecule has 2 fully saturated rings. The molecule has 2 amide bonds. The van der Waals surface area contributed by atoms with Crippen molar-refractivity contribution in [2.24, 2.45) is 5.92 Å². The smallest absolute Gasteiger partial charge is 0.271 e. The highest BCUT2D eigenvalue weighted by molar-refractivity contribution is 6.23. The van der Waals surface area contributed by atoms with Crippen molar-refractivity contribution in [3.05, 3.63) is 94.5 Å². The molecule has 9 heteroatoms. The van der Waals surface area contributed by atoms with E-state index in [0.717, 1.165) is 4.90 Å². The quantitative estimate of drug-likeness (QED) is 0.336. The zero-order chi connectivity index (χ0) is 23.1. The molecule has 0 radical (unpaired) electrons. The molecule has 0 aliphatic carbocycles. The average Bonchev–Trinajstić information content (AvgIpc) is 3.35. The minimum absolute atomic E-state index is 0.124. The molecule has 0 aromatic heterocycles. The first kappa shape index (κ1) is 20.7. The molecule has 2 heterocycles. The van der Waals surface area contributed by atoms with Gasteiger partial charge in [0.2, 0.25) is 5.91 Å². The summed E-state index contributed by atoms with van der Waals surface area (Å²) in [6.07, 6.45) is -1.06. The van der Waals surface area contributed by atoms with E-state index >= 15 is 0 Å². The summed E-state index contributed by atoms with van der Waals surface area (Å²) >= 11 is 0. The standard InChI is InChI=1S/C24H19N3O6/c1-32-19-12-5-7-15(13-19)21-20-22(24(29)25(23(20)28)16-8-3-2-4-9-16)33-26(21)17-10-6-11-18(14-17)27(30)31/h2-14,20-22H,1H3/t20-,21+,22-/m1/s1. The molecule has 2 aliphatic heterocycles. The fraction of sp³-hybridized carbons (Fsp3) is 0.167. The molecule has 2 saturated heterocycles. The molecule has 33 heavy (non-hydrogen) atoms. The zero-order valence-corrected chi connectivity index (χ0v) is 17.5. The molecule has 3 aromatic rings. The molecule has 3 aromatic carbocycles. The fourth-order valence-electron chi connectivity index (χ4n) is 4.38. The topological polar surface area (TPSA) is 102 Å². The number of fused-ring (bicyclic) bond motifs is 1. The normalized spacial score (nSPS) is 21.9. The lowest BCUT2D eigenvalue weighted by Gasteiger charge is -2.28. The zero-order valence-electron chi connectivity index (χ0n) is 17.5. The van der Waals surface area contributed by atoms with Gasteiger partial charge in [0, 0.05) is 12.1 Å². The summed E-state index contributed by atoms with van der Waals surface area (Å²) in [5.41, 5.74) is 1.40. The Morgan fingerprint density at radius 3 is 2.36 bits per heavy atom. The summed E-state index contributed by atoms with van der Waals surface area (Å²) in [7, 11) is 1.53. The summed E-state index contributed by atoms with van der Waals surface area (Å²) in [5, 5.41) is 12.7. The van der Waals surface area contributed by atoms with E-state index in [4.69, 9.17) is 9.57 Å². The summed E-state index contributed by atoms with van der Waals surface area (Å²) in [6.45, 7) is 0. The predicted molar refractivity (Wildman–Crippen MR) is 119 cm³/mol. The van der Waals surface area contributed by atoms with Crippen molar-refractivity contribution < 1.29 is 24.1 Å². The Bertz CT molecular complexity index is 1250. The van der Waals surface area contributed by atoms with Gasteiger partial charge < -0.3 is 4.74 Å².